The molecule has 1 saturated heterocycles. The number of rotatable bonds is 7. The number of carbonyl (C=O) groups is 1. The molecule has 1 aliphatic rings. The minimum Gasteiger partial charge on any atom is -0.354 e. The van der Waals surface area contributed by atoms with Crippen LogP contribution in [0, 0.1) is 0 Å². The van der Waals surface area contributed by atoms with Gasteiger partial charge in [0.2, 0.25) is 5.91 Å². The van der Waals surface area contributed by atoms with Crippen LogP contribution in [-0.2, 0) is 4.79 Å². The Bertz CT molecular complexity index is 633. The van der Waals surface area contributed by atoms with Crippen molar-refractivity contribution in [2.24, 2.45) is 0 Å². The Morgan fingerprint density at radius 3 is 2.60 bits per heavy atom. The van der Waals surface area contributed by atoms with Crippen LogP contribution in [0.4, 0.5) is 0 Å². The molecule has 1 fully saturated rings. The Hall–Kier alpha value is -1.65. The van der Waals surface area contributed by atoms with E-state index in [1.54, 1.807) is 0 Å². The molecule has 2 heterocycles. The second-order valence-electron chi connectivity index (χ2n) is 6.79. The lowest BCUT2D eigenvalue weighted by Gasteiger charge is -2.31. The maximum Gasteiger partial charge on any atom is 0.227 e. The summed E-state index contributed by atoms with van der Waals surface area (Å²) in [7, 11) is 0. The molecule has 0 saturated carbocycles. The van der Waals surface area contributed by atoms with E-state index in [2.05, 4.69) is 34.7 Å². The van der Waals surface area contributed by atoms with Crippen molar-refractivity contribution >= 4 is 17.2 Å². The van der Waals surface area contributed by atoms with Gasteiger partial charge in [-0.05, 0) is 55.3 Å². The van der Waals surface area contributed by atoms with Crippen LogP contribution in [0.25, 0.3) is 0 Å². The standard InChI is InChI=1S/C21H28N2OS/c1-2-19(17-7-4-3-5-8-17)21(24)22-12-15-23-13-10-18(11-14-23)20-9-6-16-25-20/h3-9,16,18-19H,2,10-15H2,1H3,(H,22,24). The molecule has 0 bridgehead atoms. The molecule has 1 aliphatic heterocycles. The molecule has 1 aromatic carbocycles. The second kappa shape index (κ2) is 9.16. The van der Waals surface area contributed by atoms with Crippen LogP contribution in [0.3, 0.4) is 0 Å². The first-order chi connectivity index (χ1) is 12.3. The third-order valence-electron chi connectivity index (χ3n) is 5.19. The zero-order valence-electron chi connectivity index (χ0n) is 15.0. The maximum atomic E-state index is 12.5. The van der Waals surface area contributed by atoms with E-state index in [1.807, 2.05) is 41.7 Å². The summed E-state index contributed by atoms with van der Waals surface area (Å²) in [6, 6.07) is 14.5. The van der Waals surface area contributed by atoms with E-state index in [-0.39, 0.29) is 11.8 Å². The van der Waals surface area contributed by atoms with Crippen molar-refractivity contribution in [1.29, 1.82) is 0 Å². The van der Waals surface area contributed by atoms with E-state index in [4.69, 9.17) is 0 Å². The average molecular weight is 357 g/mol. The van der Waals surface area contributed by atoms with E-state index in [0.717, 1.165) is 44.1 Å². The monoisotopic (exact) mass is 356 g/mol. The summed E-state index contributed by atoms with van der Waals surface area (Å²) in [6.07, 6.45) is 3.30. The topological polar surface area (TPSA) is 32.3 Å². The van der Waals surface area contributed by atoms with Crippen molar-refractivity contribution in [2.45, 2.75) is 38.0 Å². The lowest BCUT2D eigenvalue weighted by Crippen LogP contribution is -2.40. The molecule has 0 aliphatic carbocycles. The predicted molar refractivity (Wildman–Crippen MR) is 105 cm³/mol. The molecule has 4 heteroatoms. The van der Waals surface area contributed by atoms with Crippen molar-refractivity contribution in [3.05, 3.63) is 58.3 Å². The number of thiophene rings is 1. The van der Waals surface area contributed by atoms with Gasteiger partial charge in [-0.1, -0.05) is 43.3 Å². The fourth-order valence-electron chi connectivity index (χ4n) is 3.68. The normalized spacial score (nSPS) is 17.3. The number of hydrogen-bond donors (Lipinski definition) is 1. The molecule has 3 rings (SSSR count). The SMILES string of the molecule is CCC(C(=O)NCCN1CCC(c2cccs2)CC1)c1ccccc1. The summed E-state index contributed by atoms with van der Waals surface area (Å²) in [5.41, 5.74) is 1.11. The quantitative estimate of drug-likeness (QED) is 0.805. The molecule has 1 aromatic heterocycles. The average Bonchev–Trinajstić information content (AvgIpc) is 3.18. The molecular weight excluding hydrogens is 328 g/mol. The summed E-state index contributed by atoms with van der Waals surface area (Å²) in [6.45, 7) is 6.04. The minimum atomic E-state index is -0.0363. The lowest BCUT2D eigenvalue weighted by atomic mass is 9.95. The van der Waals surface area contributed by atoms with E-state index in [9.17, 15) is 4.79 Å². The van der Waals surface area contributed by atoms with E-state index < -0.39 is 0 Å². The van der Waals surface area contributed by atoms with Crippen molar-refractivity contribution in [3.63, 3.8) is 0 Å². The number of amides is 1. The highest BCUT2D eigenvalue weighted by atomic mass is 32.1. The fourth-order valence-corrected chi connectivity index (χ4v) is 4.58. The van der Waals surface area contributed by atoms with E-state index in [0.29, 0.717) is 0 Å². The molecule has 1 unspecified atom stereocenters. The first kappa shape index (κ1) is 18.2. The predicted octanol–water partition coefficient (Wildman–Crippen LogP) is 4.24. The molecule has 0 radical (unpaired) electrons. The number of likely N-dealkylation sites (tertiary alicyclic amines) is 1. The summed E-state index contributed by atoms with van der Waals surface area (Å²) in [4.78, 5) is 16.5. The van der Waals surface area contributed by atoms with Crippen LogP contribution in [0.15, 0.2) is 47.8 Å². The number of benzene rings is 1. The molecule has 0 spiro atoms. The Labute approximate surface area is 155 Å². The number of nitrogens with one attached hydrogen (secondary N) is 1. The molecule has 134 valence electrons. The van der Waals surface area contributed by atoms with Crippen LogP contribution in [0.5, 0.6) is 0 Å². The summed E-state index contributed by atoms with van der Waals surface area (Å²) >= 11 is 1.88. The number of carbonyl (C=O) groups excluding carboxylic acids is 1. The molecule has 3 nitrogen and oxygen atoms in total. The second-order valence-corrected chi connectivity index (χ2v) is 7.77. The largest absolute Gasteiger partial charge is 0.354 e. The van der Waals surface area contributed by atoms with Gasteiger partial charge in [0, 0.05) is 18.0 Å². The number of piperidine rings is 1. The maximum absolute atomic E-state index is 12.5. The Morgan fingerprint density at radius 2 is 1.96 bits per heavy atom. The first-order valence-electron chi connectivity index (χ1n) is 9.36. The van der Waals surface area contributed by atoms with Crippen LogP contribution in [-0.4, -0.2) is 37.0 Å². The van der Waals surface area contributed by atoms with Gasteiger partial charge in [0.1, 0.15) is 0 Å². The van der Waals surface area contributed by atoms with Gasteiger partial charge in [0.05, 0.1) is 5.92 Å². The van der Waals surface area contributed by atoms with Crippen molar-refractivity contribution in [1.82, 2.24) is 10.2 Å². The fraction of sp³-hybridized carbons (Fsp3) is 0.476. The molecule has 25 heavy (non-hydrogen) atoms. The first-order valence-corrected chi connectivity index (χ1v) is 10.2. The van der Waals surface area contributed by atoms with Crippen LogP contribution >= 0.6 is 11.3 Å². The highest BCUT2D eigenvalue weighted by Gasteiger charge is 2.22. The van der Waals surface area contributed by atoms with Gasteiger partial charge in [-0.3, -0.25) is 4.79 Å². The summed E-state index contributed by atoms with van der Waals surface area (Å²) < 4.78 is 0. The molecule has 2 aromatic rings. The summed E-state index contributed by atoms with van der Waals surface area (Å²) in [5, 5.41) is 5.31. The minimum absolute atomic E-state index is 0.0363. The highest BCUT2D eigenvalue weighted by molar-refractivity contribution is 7.10. The third kappa shape index (κ3) is 4.93. The van der Waals surface area contributed by atoms with Gasteiger partial charge in [-0.2, -0.15) is 0 Å². The van der Waals surface area contributed by atoms with E-state index in [1.165, 1.54) is 17.7 Å². The van der Waals surface area contributed by atoms with Crippen molar-refractivity contribution in [3.8, 4) is 0 Å². The van der Waals surface area contributed by atoms with Gasteiger partial charge >= 0.3 is 0 Å². The van der Waals surface area contributed by atoms with Gasteiger partial charge in [-0.25, -0.2) is 0 Å². The highest BCUT2D eigenvalue weighted by Crippen LogP contribution is 2.30. The third-order valence-corrected chi connectivity index (χ3v) is 6.22. The summed E-state index contributed by atoms with van der Waals surface area (Å²) in [5.74, 6) is 0.848. The van der Waals surface area contributed by atoms with Crippen LogP contribution in [0.2, 0.25) is 0 Å². The number of hydrogen-bond acceptors (Lipinski definition) is 3. The molecule has 1 atom stereocenters. The Balaban J connectivity index is 1.40. The van der Waals surface area contributed by atoms with Gasteiger partial charge in [-0.15, -0.1) is 11.3 Å². The van der Waals surface area contributed by atoms with Crippen molar-refractivity contribution in [2.75, 3.05) is 26.2 Å². The lowest BCUT2D eigenvalue weighted by molar-refractivity contribution is -0.122. The van der Waals surface area contributed by atoms with Gasteiger partial charge < -0.3 is 10.2 Å². The number of nitrogens with zero attached hydrogens (tertiary/aromatic N) is 1. The zero-order chi connectivity index (χ0) is 17.5. The van der Waals surface area contributed by atoms with Crippen molar-refractivity contribution < 1.29 is 4.79 Å². The smallest absolute Gasteiger partial charge is 0.227 e. The van der Waals surface area contributed by atoms with E-state index >= 15 is 0 Å². The van der Waals surface area contributed by atoms with Gasteiger partial charge in [0.25, 0.3) is 0 Å². The molecular formula is C21H28N2OS. The molecule has 1 amide bonds. The molecule has 1 N–H and O–H groups in total. The zero-order valence-corrected chi connectivity index (χ0v) is 15.8. The Morgan fingerprint density at radius 1 is 1.20 bits per heavy atom. The van der Waals surface area contributed by atoms with Crippen LogP contribution in [0.1, 0.15) is 48.5 Å². The van der Waals surface area contributed by atoms with Crippen LogP contribution < -0.4 is 5.32 Å². The van der Waals surface area contributed by atoms with Gasteiger partial charge in [0.15, 0.2) is 0 Å². The Kier molecular flexibility index (Phi) is 6.65.